The van der Waals surface area contributed by atoms with Gasteiger partial charge >= 0.3 is 6.01 Å². The summed E-state index contributed by atoms with van der Waals surface area (Å²) in [5.41, 5.74) is 0. The van der Waals surface area contributed by atoms with Gasteiger partial charge in [0, 0.05) is 19.6 Å². The maximum atomic E-state index is 5.72. The van der Waals surface area contributed by atoms with Crippen LogP contribution in [0.1, 0.15) is 26.2 Å². The molecule has 21 heavy (non-hydrogen) atoms. The number of hydrogen-bond donors (Lipinski definition) is 1. The molecule has 0 atom stereocenters. The van der Waals surface area contributed by atoms with Crippen molar-refractivity contribution in [3.63, 3.8) is 0 Å². The van der Waals surface area contributed by atoms with Crippen LogP contribution in [0.2, 0.25) is 0 Å². The Morgan fingerprint density at radius 1 is 1.24 bits per heavy atom. The van der Waals surface area contributed by atoms with E-state index in [1.54, 1.807) is 0 Å². The van der Waals surface area contributed by atoms with E-state index < -0.39 is 0 Å². The normalized spacial score (nSPS) is 18.6. The van der Waals surface area contributed by atoms with E-state index in [1.165, 1.54) is 12.8 Å². The Bertz CT molecular complexity index is 461. The lowest BCUT2D eigenvalue weighted by molar-refractivity contribution is 0.122. The van der Waals surface area contributed by atoms with Gasteiger partial charge in [0.25, 0.3) is 0 Å². The first kappa shape index (κ1) is 14.3. The summed E-state index contributed by atoms with van der Waals surface area (Å²) in [6.07, 6.45) is 3.76. The third-order valence-electron chi connectivity index (χ3n) is 3.69. The Morgan fingerprint density at radius 2 is 2.05 bits per heavy atom. The number of anilines is 2. The molecular formula is C14H23N5O2. The van der Waals surface area contributed by atoms with Crippen LogP contribution >= 0.6 is 0 Å². The minimum absolute atomic E-state index is 0.420. The van der Waals surface area contributed by atoms with E-state index >= 15 is 0 Å². The molecule has 1 N–H and O–H groups in total. The van der Waals surface area contributed by atoms with E-state index in [2.05, 4.69) is 25.2 Å². The first-order valence-electron chi connectivity index (χ1n) is 7.80. The van der Waals surface area contributed by atoms with Crippen LogP contribution in [0, 0.1) is 5.92 Å². The number of rotatable bonds is 7. The SMILES string of the molecule is CCNc1nc(OCCC2CC2)nc(N2CCOCC2)n1. The molecule has 1 saturated heterocycles. The zero-order valence-electron chi connectivity index (χ0n) is 12.5. The van der Waals surface area contributed by atoms with Gasteiger partial charge in [-0.3, -0.25) is 0 Å². The van der Waals surface area contributed by atoms with Crippen LogP contribution in [0.5, 0.6) is 6.01 Å². The third-order valence-corrected chi connectivity index (χ3v) is 3.69. The topological polar surface area (TPSA) is 72.4 Å². The molecule has 0 bridgehead atoms. The van der Waals surface area contributed by atoms with Crippen molar-refractivity contribution >= 4 is 11.9 Å². The highest BCUT2D eigenvalue weighted by Gasteiger charge is 2.21. The van der Waals surface area contributed by atoms with Gasteiger partial charge in [-0.2, -0.15) is 15.0 Å². The number of nitrogens with zero attached hydrogens (tertiary/aromatic N) is 4. The zero-order valence-corrected chi connectivity index (χ0v) is 12.5. The predicted octanol–water partition coefficient (Wildman–Crippen LogP) is 1.32. The molecule has 1 aliphatic carbocycles. The lowest BCUT2D eigenvalue weighted by atomic mass is 10.3. The molecule has 7 nitrogen and oxygen atoms in total. The first-order valence-corrected chi connectivity index (χ1v) is 7.80. The standard InChI is InChI=1S/C14H23N5O2/c1-2-15-12-16-13(19-6-9-20-10-7-19)18-14(17-12)21-8-5-11-3-4-11/h11H,2-10H2,1H3,(H,15,16,17,18). The van der Waals surface area contributed by atoms with E-state index in [1.807, 2.05) is 6.92 Å². The highest BCUT2D eigenvalue weighted by molar-refractivity contribution is 5.38. The van der Waals surface area contributed by atoms with Gasteiger partial charge in [-0.15, -0.1) is 0 Å². The van der Waals surface area contributed by atoms with Gasteiger partial charge < -0.3 is 19.7 Å². The van der Waals surface area contributed by atoms with Crippen molar-refractivity contribution in [1.29, 1.82) is 0 Å². The maximum absolute atomic E-state index is 5.72. The van der Waals surface area contributed by atoms with Gasteiger partial charge in [0.1, 0.15) is 0 Å². The second-order valence-corrected chi connectivity index (χ2v) is 5.45. The predicted molar refractivity (Wildman–Crippen MR) is 79.9 cm³/mol. The summed E-state index contributed by atoms with van der Waals surface area (Å²) in [5.74, 6) is 2.10. The van der Waals surface area contributed by atoms with E-state index in [0.29, 0.717) is 37.7 Å². The van der Waals surface area contributed by atoms with Gasteiger partial charge in [0.15, 0.2) is 0 Å². The van der Waals surface area contributed by atoms with Crippen LogP contribution in [0.4, 0.5) is 11.9 Å². The molecule has 1 aliphatic heterocycles. The molecule has 0 aromatic carbocycles. The lowest BCUT2D eigenvalue weighted by Crippen LogP contribution is -2.37. The van der Waals surface area contributed by atoms with Crippen molar-refractivity contribution in [2.45, 2.75) is 26.2 Å². The summed E-state index contributed by atoms with van der Waals surface area (Å²) in [6.45, 7) is 6.50. The van der Waals surface area contributed by atoms with Crippen molar-refractivity contribution in [2.75, 3.05) is 49.7 Å². The second-order valence-electron chi connectivity index (χ2n) is 5.45. The molecule has 1 aromatic rings. The molecule has 2 aliphatic rings. The van der Waals surface area contributed by atoms with Crippen molar-refractivity contribution in [3.05, 3.63) is 0 Å². The molecule has 2 fully saturated rings. The lowest BCUT2D eigenvalue weighted by Gasteiger charge is -2.27. The van der Waals surface area contributed by atoms with Gasteiger partial charge in [0.2, 0.25) is 11.9 Å². The average molecular weight is 293 g/mol. The van der Waals surface area contributed by atoms with E-state index in [-0.39, 0.29) is 0 Å². The zero-order chi connectivity index (χ0) is 14.5. The average Bonchev–Trinajstić information content (AvgIpc) is 3.33. The minimum atomic E-state index is 0.420. The van der Waals surface area contributed by atoms with Gasteiger partial charge in [-0.1, -0.05) is 12.8 Å². The Morgan fingerprint density at radius 3 is 2.76 bits per heavy atom. The van der Waals surface area contributed by atoms with Crippen molar-refractivity contribution < 1.29 is 9.47 Å². The fourth-order valence-corrected chi connectivity index (χ4v) is 2.28. The van der Waals surface area contributed by atoms with E-state index in [4.69, 9.17) is 9.47 Å². The third kappa shape index (κ3) is 4.17. The van der Waals surface area contributed by atoms with Crippen molar-refractivity contribution in [2.24, 2.45) is 5.92 Å². The molecule has 3 rings (SSSR count). The minimum Gasteiger partial charge on any atom is -0.463 e. The van der Waals surface area contributed by atoms with Crippen molar-refractivity contribution in [3.8, 4) is 6.01 Å². The molecule has 0 amide bonds. The molecule has 0 spiro atoms. The maximum Gasteiger partial charge on any atom is 0.323 e. The van der Waals surface area contributed by atoms with Crippen LogP contribution in [0.3, 0.4) is 0 Å². The Balaban J connectivity index is 1.68. The number of aromatic nitrogens is 3. The number of morpholine rings is 1. The Hall–Kier alpha value is -1.63. The number of ether oxygens (including phenoxy) is 2. The fraction of sp³-hybridized carbons (Fsp3) is 0.786. The first-order chi connectivity index (χ1) is 10.3. The molecule has 116 valence electrons. The van der Waals surface area contributed by atoms with Gasteiger partial charge in [-0.05, 0) is 19.3 Å². The highest BCUT2D eigenvalue weighted by Crippen LogP contribution is 2.32. The number of nitrogens with one attached hydrogen (secondary N) is 1. The molecule has 1 aromatic heterocycles. The van der Waals surface area contributed by atoms with Crippen LogP contribution in [0.25, 0.3) is 0 Å². The summed E-state index contributed by atoms with van der Waals surface area (Å²) in [7, 11) is 0. The molecule has 7 heteroatoms. The Kier molecular flexibility index (Phi) is 4.69. The molecule has 2 heterocycles. The smallest absolute Gasteiger partial charge is 0.323 e. The van der Waals surface area contributed by atoms with Gasteiger partial charge in [-0.25, -0.2) is 0 Å². The highest BCUT2D eigenvalue weighted by atomic mass is 16.5. The largest absolute Gasteiger partial charge is 0.463 e. The van der Waals surface area contributed by atoms with Crippen LogP contribution < -0.4 is 15.0 Å². The molecular weight excluding hydrogens is 270 g/mol. The summed E-state index contributed by atoms with van der Waals surface area (Å²) < 4.78 is 11.1. The van der Waals surface area contributed by atoms with E-state index in [9.17, 15) is 0 Å². The van der Waals surface area contributed by atoms with Crippen LogP contribution in [-0.4, -0.2) is 54.4 Å². The Labute approximate surface area is 125 Å². The van der Waals surface area contributed by atoms with Crippen molar-refractivity contribution in [1.82, 2.24) is 15.0 Å². The quantitative estimate of drug-likeness (QED) is 0.812. The summed E-state index contributed by atoms with van der Waals surface area (Å²) >= 11 is 0. The number of hydrogen-bond acceptors (Lipinski definition) is 7. The molecule has 0 unspecified atom stereocenters. The molecule has 1 saturated carbocycles. The summed E-state index contributed by atoms with van der Waals surface area (Å²) in [5, 5.41) is 3.14. The van der Waals surface area contributed by atoms with E-state index in [0.717, 1.165) is 32.0 Å². The molecule has 0 radical (unpaired) electrons. The second kappa shape index (κ2) is 6.89. The monoisotopic (exact) mass is 293 g/mol. The van der Waals surface area contributed by atoms with Crippen LogP contribution in [0.15, 0.2) is 0 Å². The summed E-state index contributed by atoms with van der Waals surface area (Å²) in [6, 6.07) is 0.420. The summed E-state index contributed by atoms with van der Waals surface area (Å²) in [4.78, 5) is 15.3. The van der Waals surface area contributed by atoms with Gasteiger partial charge in [0.05, 0.1) is 19.8 Å². The van der Waals surface area contributed by atoms with Crippen LogP contribution in [-0.2, 0) is 4.74 Å². The fourth-order valence-electron chi connectivity index (χ4n) is 2.28.